The van der Waals surface area contributed by atoms with E-state index in [1.807, 2.05) is 17.0 Å². The lowest BCUT2D eigenvalue weighted by Crippen LogP contribution is -2.38. The highest BCUT2D eigenvalue weighted by Crippen LogP contribution is 2.26. The Labute approximate surface area is 129 Å². The number of carbonyl (C=O) groups excluding carboxylic acids is 1. The maximum atomic E-state index is 12.3. The second kappa shape index (κ2) is 6.11. The molecule has 0 spiro atoms. The molecule has 0 radical (unpaired) electrons. The number of hydrogen-bond donors (Lipinski definition) is 1. The predicted octanol–water partition coefficient (Wildman–Crippen LogP) is 2.00. The summed E-state index contributed by atoms with van der Waals surface area (Å²) in [5.41, 5.74) is 7.17. The Balaban J connectivity index is 1.72. The monoisotopic (exact) mass is 323 g/mol. The Morgan fingerprint density at radius 3 is 2.86 bits per heavy atom. The number of nitrogen functional groups attached to an aromatic ring is 1. The first-order valence-electron chi connectivity index (χ1n) is 6.96. The van der Waals surface area contributed by atoms with E-state index in [-0.39, 0.29) is 11.7 Å². The molecule has 1 aromatic carbocycles. The van der Waals surface area contributed by atoms with Gasteiger partial charge in [0.15, 0.2) is 4.34 Å². The molecular weight excluding hydrogens is 306 g/mol. The number of nitrogens with two attached hydrogens (primary N) is 1. The third kappa shape index (κ3) is 3.24. The van der Waals surface area contributed by atoms with Gasteiger partial charge in [-0.2, -0.15) is 0 Å². The molecule has 0 bridgehead atoms. The summed E-state index contributed by atoms with van der Waals surface area (Å²) in [5, 5.41) is 0. The van der Waals surface area contributed by atoms with Crippen molar-refractivity contribution in [2.24, 2.45) is 0 Å². The summed E-state index contributed by atoms with van der Waals surface area (Å²) in [6.07, 6.45) is 3.25. The third-order valence-electron chi connectivity index (χ3n) is 3.55. The first kappa shape index (κ1) is 14.5. The van der Waals surface area contributed by atoms with Crippen LogP contribution in [0.2, 0.25) is 0 Å². The van der Waals surface area contributed by atoms with Crippen LogP contribution in [0.1, 0.15) is 19.3 Å². The molecule has 1 aromatic heterocycles. The minimum absolute atomic E-state index is 0.0231. The predicted molar refractivity (Wildman–Crippen MR) is 85.7 cm³/mol. The summed E-state index contributed by atoms with van der Waals surface area (Å²) in [5.74, 6) is -0.0122. The third-order valence-corrected chi connectivity index (χ3v) is 6.16. The van der Waals surface area contributed by atoms with Crippen molar-refractivity contribution in [2.75, 3.05) is 24.6 Å². The standard InChI is InChI=1S/C14H17N3O2S2/c15-10-4-5-11-12(8-10)20-14(16-11)21(19)9-13(18)17-6-2-1-3-7-17/h4-5,8H,1-3,6-7,9,15H2. The van der Waals surface area contributed by atoms with Crippen molar-refractivity contribution in [1.29, 1.82) is 0 Å². The van der Waals surface area contributed by atoms with Crippen molar-refractivity contribution < 1.29 is 9.00 Å². The molecule has 1 fully saturated rings. The van der Waals surface area contributed by atoms with Crippen molar-refractivity contribution in [3.8, 4) is 0 Å². The van der Waals surface area contributed by atoms with Gasteiger partial charge in [0.25, 0.3) is 0 Å². The van der Waals surface area contributed by atoms with E-state index in [9.17, 15) is 9.00 Å². The number of thiazole rings is 1. The number of anilines is 1. The van der Waals surface area contributed by atoms with Crippen LogP contribution in [-0.4, -0.2) is 38.8 Å². The fourth-order valence-electron chi connectivity index (χ4n) is 2.43. The summed E-state index contributed by atoms with van der Waals surface area (Å²) >= 11 is 1.35. The molecule has 2 aromatic rings. The maximum Gasteiger partial charge on any atom is 0.235 e. The van der Waals surface area contributed by atoms with E-state index in [0.29, 0.717) is 10.0 Å². The molecule has 1 aliphatic heterocycles. The molecule has 1 unspecified atom stereocenters. The first-order chi connectivity index (χ1) is 10.1. The number of likely N-dealkylation sites (tertiary alicyclic amines) is 1. The highest BCUT2D eigenvalue weighted by molar-refractivity contribution is 7.88. The molecule has 21 heavy (non-hydrogen) atoms. The van der Waals surface area contributed by atoms with E-state index in [0.717, 1.165) is 36.1 Å². The SMILES string of the molecule is Nc1ccc2nc(S(=O)CC(=O)N3CCCCC3)sc2c1. The van der Waals surface area contributed by atoms with Crippen LogP contribution in [0.3, 0.4) is 0 Å². The van der Waals surface area contributed by atoms with Crippen LogP contribution < -0.4 is 5.73 Å². The van der Waals surface area contributed by atoms with E-state index in [2.05, 4.69) is 4.98 Å². The van der Waals surface area contributed by atoms with Gasteiger partial charge in [-0.25, -0.2) is 4.98 Å². The lowest BCUT2D eigenvalue weighted by molar-refractivity contribution is -0.129. The lowest BCUT2D eigenvalue weighted by Gasteiger charge is -2.26. The number of rotatable bonds is 3. The van der Waals surface area contributed by atoms with Crippen molar-refractivity contribution in [3.05, 3.63) is 18.2 Å². The summed E-state index contributed by atoms with van der Waals surface area (Å²) in [7, 11) is -1.38. The Hall–Kier alpha value is -1.47. The quantitative estimate of drug-likeness (QED) is 0.877. The molecule has 1 amide bonds. The topological polar surface area (TPSA) is 76.3 Å². The Morgan fingerprint density at radius 1 is 1.33 bits per heavy atom. The maximum absolute atomic E-state index is 12.3. The van der Waals surface area contributed by atoms with Gasteiger partial charge in [-0.3, -0.25) is 9.00 Å². The number of aromatic nitrogens is 1. The first-order valence-corrected chi connectivity index (χ1v) is 9.09. The van der Waals surface area contributed by atoms with Gasteiger partial charge in [0.05, 0.1) is 21.0 Å². The molecule has 0 saturated carbocycles. The van der Waals surface area contributed by atoms with Crippen molar-refractivity contribution in [3.63, 3.8) is 0 Å². The van der Waals surface area contributed by atoms with E-state index < -0.39 is 10.8 Å². The van der Waals surface area contributed by atoms with Gasteiger partial charge in [-0.05, 0) is 37.5 Å². The highest BCUT2D eigenvalue weighted by atomic mass is 32.2. The molecule has 1 aliphatic rings. The molecule has 2 N–H and O–H groups in total. The Bertz CT molecular complexity index is 693. The average molecular weight is 323 g/mol. The molecular formula is C14H17N3O2S2. The van der Waals surface area contributed by atoms with Crippen molar-refractivity contribution in [2.45, 2.75) is 23.6 Å². The lowest BCUT2D eigenvalue weighted by atomic mass is 10.1. The number of benzene rings is 1. The summed E-state index contributed by atoms with van der Waals surface area (Å²) in [4.78, 5) is 18.3. The normalized spacial score (nSPS) is 17.0. The van der Waals surface area contributed by atoms with Gasteiger partial charge >= 0.3 is 0 Å². The Kier molecular flexibility index (Phi) is 4.21. The average Bonchev–Trinajstić information content (AvgIpc) is 2.91. The van der Waals surface area contributed by atoms with Crippen LogP contribution in [0, 0.1) is 0 Å². The van der Waals surface area contributed by atoms with Gasteiger partial charge in [0, 0.05) is 18.8 Å². The van der Waals surface area contributed by atoms with Gasteiger partial charge in [0.1, 0.15) is 5.75 Å². The van der Waals surface area contributed by atoms with Crippen LogP contribution in [0.4, 0.5) is 5.69 Å². The molecule has 5 nitrogen and oxygen atoms in total. The van der Waals surface area contributed by atoms with Gasteiger partial charge in [-0.1, -0.05) is 0 Å². The molecule has 112 valence electrons. The van der Waals surface area contributed by atoms with Crippen LogP contribution in [-0.2, 0) is 15.6 Å². The van der Waals surface area contributed by atoms with Gasteiger partial charge in [0.2, 0.25) is 5.91 Å². The largest absolute Gasteiger partial charge is 0.399 e. The van der Waals surface area contributed by atoms with Crippen molar-refractivity contribution >= 4 is 43.9 Å². The fourth-order valence-corrected chi connectivity index (χ4v) is 4.72. The number of piperidine rings is 1. The number of amides is 1. The smallest absolute Gasteiger partial charge is 0.235 e. The number of nitrogens with zero attached hydrogens (tertiary/aromatic N) is 2. The molecule has 1 saturated heterocycles. The zero-order valence-corrected chi connectivity index (χ0v) is 13.2. The molecule has 7 heteroatoms. The molecule has 3 rings (SSSR count). The zero-order valence-electron chi connectivity index (χ0n) is 11.6. The van der Waals surface area contributed by atoms with E-state index in [4.69, 9.17) is 5.73 Å². The molecule has 2 heterocycles. The second-order valence-corrected chi connectivity index (χ2v) is 7.79. The van der Waals surface area contributed by atoms with Gasteiger partial charge in [-0.15, -0.1) is 11.3 Å². The van der Waals surface area contributed by atoms with Crippen molar-refractivity contribution in [1.82, 2.24) is 9.88 Å². The Morgan fingerprint density at radius 2 is 2.10 bits per heavy atom. The van der Waals surface area contributed by atoms with E-state index in [1.54, 1.807) is 6.07 Å². The number of carbonyl (C=O) groups is 1. The van der Waals surface area contributed by atoms with Crippen LogP contribution in [0.25, 0.3) is 10.2 Å². The van der Waals surface area contributed by atoms with E-state index >= 15 is 0 Å². The minimum atomic E-state index is -1.38. The van der Waals surface area contributed by atoms with Gasteiger partial charge < -0.3 is 10.6 Å². The second-order valence-electron chi connectivity index (χ2n) is 5.14. The van der Waals surface area contributed by atoms with Crippen LogP contribution >= 0.6 is 11.3 Å². The number of fused-ring (bicyclic) bond motifs is 1. The summed E-state index contributed by atoms with van der Waals surface area (Å²) < 4.78 is 13.7. The molecule has 0 aliphatic carbocycles. The summed E-state index contributed by atoms with van der Waals surface area (Å²) in [6.45, 7) is 1.57. The van der Waals surface area contributed by atoms with Crippen LogP contribution in [0.15, 0.2) is 22.5 Å². The molecule has 1 atom stereocenters. The van der Waals surface area contributed by atoms with E-state index in [1.165, 1.54) is 17.8 Å². The highest BCUT2D eigenvalue weighted by Gasteiger charge is 2.21. The fraction of sp³-hybridized carbons (Fsp3) is 0.429. The summed E-state index contributed by atoms with van der Waals surface area (Å²) in [6, 6.07) is 5.40. The number of hydrogen-bond acceptors (Lipinski definition) is 5. The minimum Gasteiger partial charge on any atom is -0.399 e. The zero-order chi connectivity index (χ0) is 14.8. The van der Waals surface area contributed by atoms with Crippen LogP contribution in [0.5, 0.6) is 0 Å².